The molecule has 0 saturated heterocycles. The molecule has 0 amide bonds. The van der Waals surface area contributed by atoms with Crippen LogP contribution in [-0.2, 0) is 0 Å². The second-order valence-electron chi connectivity index (χ2n) is 3.88. The average molecular weight is 197 g/mol. The van der Waals surface area contributed by atoms with Crippen molar-refractivity contribution >= 4 is 17.4 Å². The fraction of sp³-hybridized carbons (Fsp3) is 0.500. The van der Waals surface area contributed by atoms with E-state index in [1.807, 2.05) is 12.1 Å². The van der Waals surface area contributed by atoms with Crippen LogP contribution >= 0.6 is 11.6 Å². The van der Waals surface area contributed by atoms with Crippen LogP contribution in [0.3, 0.4) is 0 Å². The van der Waals surface area contributed by atoms with E-state index in [1.165, 1.54) is 19.3 Å². The van der Waals surface area contributed by atoms with Gasteiger partial charge in [-0.1, -0.05) is 17.7 Å². The third-order valence-electron chi connectivity index (χ3n) is 2.60. The molecule has 1 N–H and O–H groups in total. The number of hydrogen-bond donors (Lipinski definition) is 1. The van der Waals surface area contributed by atoms with Gasteiger partial charge in [0, 0.05) is 5.54 Å². The highest BCUT2D eigenvalue weighted by atomic mass is 35.5. The first-order valence-electron chi connectivity index (χ1n) is 4.59. The second kappa shape index (κ2) is 3.18. The van der Waals surface area contributed by atoms with Crippen LogP contribution in [0.15, 0.2) is 18.2 Å². The average Bonchev–Trinajstić information content (AvgIpc) is 2.01. The number of halogens is 1. The van der Waals surface area contributed by atoms with Crippen molar-refractivity contribution < 1.29 is 0 Å². The van der Waals surface area contributed by atoms with Crippen LogP contribution < -0.4 is 5.32 Å². The molecule has 70 valence electrons. The van der Waals surface area contributed by atoms with Gasteiger partial charge in [0.2, 0.25) is 0 Å². The van der Waals surface area contributed by atoms with Crippen molar-refractivity contribution in [3.05, 3.63) is 23.4 Å². The van der Waals surface area contributed by atoms with Crippen molar-refractivity contribution in [3.8, 4) is 0 Å². The normalized spacial score (nSPS) is 19.2. The van der Waals surface area contributed by atoms with Crippen LogP contribution in [0.5, 0.6) is 0 Å². The number of anilines is 1. The Labute approximate surface area is 83.3 Å². The minimum atomic E-state index is 0.248. The first-order chi connectivity index (χ1) is 6.18. The fourth-order valence-electron chi connectivity index (χ4n) is 1.62. The number of aromatic nitrogens is 1. The van der Waals surface area contributed by atoms with Crippen molar-refractivity contribution in [2.45, 2.75) is 31.7 Å². The highest BCUT2D eigenvalue weighted by Crippen LogP contribution is 2.34. The quantitative estimate of drug-likeness (QED) is 0.736. The number of pyridine rings is 1. The van der Waals surface area contributed by atoms with Crippen molar-refractivity contribution in [1.29, 1.82) is 0 Å². The van der Waals surface area contributed by atoms with E-state index in [0.29, 0.717) is 5.15 Å². The summed E-state index contributed by atoms with van der Waals surface area (Å²) in [7, 11) is 0. The summed E-state index contributed by atoms with van der Waals surface area (Å²) in [6.07, 6.45) is 3.76. The van der Waals surface area contributed by atoms with E-state index in [1.54, 1.807) is 6.07 Å². The molecule has 0 spiro atoms. The molecule has 0 unspecified atom stereocenters. The van der Waals surface area contributed by atoms with E-state index in [4.69, 9.17) is 11.6 Å². The van der Waals surface area contributed by atoms with E-state index in [9.17, 15) is 0 Å². The molecule has 2 rings (SSSR count). The lowest BCUT2D eigenvalue weighted by atomic mass is 9.78. The van der Waals surface area contributed by atoms with Gasteiger partial charge >= 0.3 is 0 Å². The summed E-state index contributed by atoms with van der Waals surface area (Å²) in [4.78, 5) is 4.19. The lowest BCUT2D eigenvalue weighted by Crippen LogP contribution is -2.41. The Morgan fingerprint density at radius 2 is 2.23 bits per heavy atom. The maximum Gasteiger partial charge on any atom is 0.131 e. The van der Waals surface area contributed by atoms with Gasteiger partial charge in [0.05, 0.1) is 0 Å². The van der Waals surface area contributed by atoms with E-state index in [2.05, 4.69) is 17.2 Å². The van der Waals surface area contributed by atoms with Gasteiger partial charge in [-0.25, -0.2) is 4.98 Å². The SMILES string of the molecule is CC1(Nc2cccc(Cl)n2)CCC1. The lowest BCUT2D eigenvalue weighted by molar-refractivity contribution is 0.306. The van der Waals surface area contributed by atoms with Gasteiger partial charge < -0.3 is 5.32 Å². The Morgan fingerprint density at radius 1 is 1.46 bits per heavy atom. The molecule has 1 saturated carbocycles. The molecule has 1 fully saturated rings. The highest BCUT2D eigenvalue weighted by Gasteiger charge is 2.31. The fourth-order valence-corrected chi connectivity index (χ4v) is 1.78. The summed E-state index contributed by atoms with van der Waals surface area (Å²) in [5.41, 5.74) is 0.248. The van der Waals surface area contributed by atoms with Crippen LogP contribution in [0, 0.1) is 0 Å². The minimum Gasteiger partial charge on any atom is -0.365 e. The van der Waals surface area contributed by atoms with Crippen molar-refractivity contribution in [2.75, 3.05) is 5.32 Å². The number of nitrogens with zero attached hydrogens (tertiary/aromatic N) is 1. The predicted molar refractivity (Wildman–Crippen MR) is 55.1 cm³/mol. The first-order valence-corrected chi connectivity index (χ1v) is 4.97. The first kappa shape index (κ1) is 8.82. The van der Waals surface area contributed by atoms with Gasteiger partial charge in [-0.05, 0) is 38.3 Å². The summed E-state index contributed by atoms with van der Waals surface area (Å²) in [6, 6.07) is 5.66. The molecule has 1 aromatic rings. The van der Waals surface area contributed by atoms with Gasteiger partial charge in [0.1, 0.15) is 11.0 Å². The zero-order valence-electron chi connectivity index (χ0n) is 7.68. The zero-order valence-corrected chi connectivity index (χ0v) is 8.43. The number of nitrogens with one attached hydrogen (secondary N) is 1. The predicted octanol–water partition coefficient (Wildman–Crippen LogP) is 3.09. The summed E-state index contributed by atoms with van der Waals surface area (Å²) >= 11 is 5.78. The Hall–Kier alpha value is -0.760. The van der Waals surface area contributed by atoms with E-state index in [0.717, 1.165) is 5.82 Å². The summed E-state index contributed by atoms with van der Waals surface area (Å²) in [6.45, 7) is 2.22. The molecule has 1 aliphatic carbocycles. The van der Waals surface area contributed by atoms with Crippen molar-refractivity contribution in [1.82, 2.24) is 4.98 Å². The summed E-state index contributed by atoms with van der Waals surface area (Å²) < 4.78 is 0. The number of rotatable bonds is 2. The highest BCUT2D eigenvalue weighted by molar-refractivity contribution is 6.29. The third-order valence-corrected chi connectivity index (χ3v) is 2.81. The minimum absolute atomic E-state index is 0.248. The van der Waals surface area contributed by atoms with Crippen LogP contribution in [0.25, 0.3) is 0 Å². The Balaban J connectivity index is 2.09. The van der Waals surface area contributed by atoms with Gasteiger partial charge in [-0.15, -0.1) is 0 Å². The Morgan fingerprint density at radius 3 is 2.77 bits per heavy atom. The van der Waals surface area contributed by atoms with Crippen molar-refractivity contribution in [2.24, 2.45) is 0 Å². The molecule has 0 bridgehead atoms. The van der Waals surface area contributed by atoms with Crippen molar-refractivity contribution in [3.63, 3.8) is 0 Å². The second-order valence-corrected chi connectivity index (χ2v) is 4.27. The molecule has 1 aromatic heterocycles. The van der Waals surface area contributed by atoms with Gasteiger partial charge in [0.15, 0.2) is 0 Å². The topological polar surface area (TPSA) is 24.9 Å². The molecule has 0 atom stereocenters. The van der Waals surface area contributed by atoms with Crippen LogP contribution in [-0.4, -0.2) is 10.5 Å². The van der Waals surface area contributed by atoms with Crippen LogP contribution in [0.4, 0.5) is 5.82 Å². The van der Waals surface area contributed by atoms with E-state index >= 15 is 0 Å². The molecular weight excluding hydrogens is 184 g/mol. The van der Waals surface area contributed by atoms with E-state index < -0.39 is 0 Å². The summed E-state index contributed by atoms with van der Waals surface area (Å²) in [5.74, 6) is 0.884. The van der Waals surface area contributed by atoms with Crippen LogP contribution in [0.2, 0.25) is 5.15 Å². The molecule has 0 aliphatic heterocycles. The van der Waals surface area contributed by atoms with E-state index in [-0.39, 0.29) is 5.54 Å². The Kier molecular flexibility index (Phi) is 2.16. The molecule has 2 nitrogen and oxygen atoms in total. The Bertz CT molecular complexity index is 308. The standard InChI is InChI=1S/C10H13ClN2/c1-10(6-3-7-10)13-9-5-2-4-8(11)12-9/h2,4-5H,3,6-7H2,1H3,(H,12,13). The monoisotopic (exact) mass is 196 g/mol. The van der Waals surface area contributed by atoms with Gasteiger partial charge in [0.25, 0.3) is 0 Å². The third kappa shape index (κ3) is 1.94. The lowest BCUT2D eigenvalue weighted by Gasteiger charge is -2.39. The largest absolute Gasteiger partial charge is 0.365 e. The van der Waals surface area contributed by atoms with Gasteiger partial charge in [-0.3, -0.25) is 0 Å². The molecule has 13 heavy (non-hydrogen) atoms. The van der Waals surface area contributed by atoms with Gasteiger partial charge in [-0.2, -0.15) is 0 Å². The molecule has 0 radical (unpaired) electrons. The number of hydrogen-bond acceptors (Lipinski definition) is 2. The zero-order chi connectivity index (χ0) is 9.31. The molecule has 1 aliphatic rings. The van der Waals surface area contributed by atoms with Crippen LogP contribution in [0.1, 0.15) is 26.2 Å². The maximum absolute atomic E-state index is 5.78. The molecule has 0 aromatic carbocycles. The molecule has 3 heteroatoms. The smallest absolute Gasteiger partial charge is 0.131 e. The maximum atomic E-state index is 5.78. The molecular formula is C10H13ClN2. The summed E-state index contributed by atoms with van der Waals surface area (Å²) in [5, 5.41) is 3.95. The molecule has 1 heterocycles.